The van der Waals surface area contributed by atoms with Crippen molar-refractivity contribution in [2.24, 2.45) is 13.0 Å². The van der Waals surface area contributed by atoms with Gasteiger partial charge in [0.1, 0.15) is 5.82 Å². The average molecular weight is 327 g/mol. The molecule has 3 rings (SSSR count). The van der Waals surface area contributed by atoms with E-state index in [0.29, 0.717) is 11.5 Å². The fraction of sp³-hybridized carbons (Fsp3) is 0.412. The summed E-state index contributed by atoms with van der Waals surface area (Å²) in [6.45, 7) is 0. The number of pyridine rings is 1. The molecule has 7 heteroatoms. The molecule has 1 aliphatic carbocycles. The number of rotatable bonds is 4. The molecule has 1 aliphatic rings. The van der Waals surface area contributed by atoms with Crippen LogP contribution in [-0.4, -0.2) is 26.6 Å². The first kappa shape index (κ1) is 16.2. The molecule has 0 spiro atoms. The number of nitrogens with zero attached hydrogens (tertiary/aromatic N) is 3. The first-order valence-corrected chi connectivity index (χ1v) is 8.20. The first-order valence-electron chi connectivity index (χ1n) is 8.20. The average Bonchev–Trinajstić information content (AvgIpc) is 2.97. The maximum absolute atomic E-state index is 12.3. The lowest BCUT2D eigenvalue weighted by Crippen LogP contribution is -2.25. The minimum Gasteiger partial charge on any atom is -0.319 e. The fourth-order valence-electron chi connectivity index (χ4n) is 2.92. The normalized spacial score (nSPS) is 15.0. The van der Waals surface area contributed by atoms with Crippen molar-refractivity contribution in [1.29, 1.82) is 0 Å². The molecule has 24 heavy (non-hydrogen) atoms. The van der Waals surface area contributed by atoms with Gasteiger partial charge in [-0.15, -0.1) is 0 Å². The predicted molar refractivity (Wildman–Crippen MR) is 90.6 cm³/mol. The summed E-state index contributed by atoms with van der Waals surface area (Å²) in [6.07, 6.45) is 8.45. The Morgan fingerprint density at radius 3 is 2.71 bits per heavy atom. The Balaban J connectivity index is 1.66. The number of hydrogen-bond acceptors (Lipinski definition) is 4. The van der Waals surface area contributed by atoms with Crippen LogP contribution < -0.4 is 10.6 Å². The second-order valence-electron chi connectivity index (χ2n) is 6.06. The number of aromatic nitrogens is 3. The molecular formula is C17H21N5O2. The van der Waals surface area contributed by atoms with Gasteiger partial charge in [0, 0.05) is 25.2 Å². The van der Waals surface area contributed by atoms with Crippen molar-refractivity contribution in [3.8, 4) is 0 Å². The Bertz CT molecular complexity index is 720. The highest BCUT2D eigenvalue weighted by Gasteiger charge is 2.22. The molecule has 0 atom stereocenters. The molecule has 0 bridgehead atoms. The molecule has 1 saturated carbocycles. The van der Waals surface area contributed by atoms with Gasteiger partial charge in [0.2, 0.25) is 5.91 Å². The van der Waals surface area contributed by atoms with Crippen LogP contribution in [0.4, 0.5) is 11.5 Å². The van der Waals surface area contributed by atoms with Gasteiger partial charge in [-0.25, -0.2) is 0 Å². The van der Waals surface area contributed by atoms with Gasteiger partial charge in [-0.1, -0.05) is 19.3 Å². The van der Waals surface area contributed by atoms with Crippen LogP contribution in [0.3, 0.4) is 0 Å². The largest absolute Gasteiger partial charge is 0.319 e. The number of hydrogen-bond donors (Lipinski definition) is 2. The zero-order valence-electron chi connectivity index (χ0n) is 13.7. The third kappa shape index (κ3) is 3.79. The second kappa shape index (κ2) is 7.25. The van der Waals surface area contributed by atoms with Gasteiger partial charge in [-0.3, -0.25) is 19.3 Å². The number of nitrogens with one attached hydrogen (secondary N) is 2. The highest BCUT2D eigenvalue weighted by Crippen LogP contribution is 2.25. The molecule has 0 aliphatic heterocycles. The lowest BCUT2D eigenvalue weighted by molar-refractivity contribution is -0.120. The highest BCUT2D eigenvalue weighted by molar-refractivity contribution is 6.03. The van der Waals surface area contributed by atoms with Crippen LogP contribution in [0.15, 0.2) is 30.6 Å². The topological polar surface area (TPSA) is 88.9 Å². The van der Waals surface area contributed by atoms with Gasteiger partial charge in [0.05, 0.1) is 11.9 Å². The maximum atomic E-state index is 12.3. The Hall–Kier alpha value is -2.70. The van der Waals surface area contributed by atoms with E-state index in [-0.39, 0.29) is 23.4 Å². The first-order chi connectivity index (χ1) is 11.6. The van der Waals surface area contributed by atoms with Crippen LogP contribution in [0.2, 0.25) is 0 Å². The monoisotopic (exact) mass is 327 g/mol. The van der Waals surface area contributed by atoms with Crippen molar-refractivity contribution >= 4 is 23.3 Å². The molecule has 2 N–H and O–H groups in total. The zero-order chi connectivity index (χ0) is 16.9. The minimum absolute atomic E-state index is 0.0110. The number of anilines is 2. The summed E-state index contributed by atoms with van der Waals surface area (Å²) in [5, 5.41) is 9.79. The summed E-state index contributed by atoms with van der Waals surface area (Å²) >= 11 is 0. The Labute approximate surface area is 140 Å². The summed E-state index contributed by atoms with van der Waals surface area (Å²) < 4.78 is 1.51. The lowest BCUT2D eigenvalue weighted by atomic mass is 9.89. The van der Waals surface area contributed by atoms with Gasteiger partial charge < -0.3 is 10.6 Å². The van der Waals surface area contributed by atoms with Crippen molar-refractivity contribution in [1.82, 2.24) is 14.8 Å². The van der Waals surface area contributed by atoms with Crippen molar-refractivity contribution < 1.29 is 9.59 Å². The standard InChI is InChI=1S/C17H21N5O2/c1-22-15(20-16(23)12-6-3-2-4-7-12)10-14(21-22)17(24)19-13-8-5-9-18-11-13/h5,8-12H,2-4,6-7H2,1H3,(H,19,24)(H,20,23). The summed E-state index contributed by atoms with van der Waals surface area (Å²) in [4.78, 5) is 28.5. The molecule has 1 fully saturated rings. The van der Waals surface area contributed by atoms with E-state index in [9.17, 15) is 9.59 Å². The van der Waals surface area contributed by atoms with E-state index >= 15 is 0 Å². The molecular weight excluding hydrogens is 306 g/mol. The number of carbonyl (C=O) groups is 2. The maximum Gasteiger partial charge on any atom is 0.276 e. The Kier molecular flexibility index (Phi) is 4.88. The quantitative estimate of drug-likeness (QED) is 0.903. The van der Waals surface area contributed by atoms with Crippen LogP contribution in [0.1, 0.15) is 42.6 Å². The zero-order valence-corrected chi connectivity index (χ0v) is 13.7. The molecule has 0 saturated heterocycles. The van der Waals surface area contributed by atoms with Crippen molar-refractivity contribution in [3.05, 3.63) is 36.3 Å². The highest BCUT2D eigenvalue weighted by atomic mass is 16.2. The van der Waals surface area contributed by atoms with Crippen LogP contribution in [0.5, 0.6) is 0 Å². The van der Waals surface area contributed by atoms with Gasteiger partial charge in [0.25, 0.3) is 5.91 Å². The van der Waals surface area contributed by atoms with Gasteiger partial charge >= 0.3 is 0 Å². The molecule has 0 unspecified atom stereocenters. The summed E-state index contributed by atoms with van der Waals surface area (Å²) in [5.74, 6) is 0.261. The summed E-state index contributed by atoms with van der Waals surface area (Å²) in [5.41, 5.74) is 0.848. The number of aryl methyl sites for hydroxylation is 1. The SMILES string of the molecule is Cn1nc(C(=O)Nc2cccnc2)cc1NC(=O)C1CCCCC1. The van der Waals surface area contributed by atoms with Crippen molar-refractivity contribution in [3.63, 3.8) is 0 Å². The van der Waals surface area contributed by atoms with Crippen molar-refractivity contribution in [2.75, 3.05) is 10.6 Å². The lowest BCUT2D eigenvalue weighted by Gasteiger charge is -2.20. The molecule has 126 valence electrons. The molecule has 0 aromatic carbocycles. The van der Waals surface area contributed by atoms with E-state index < -0.39 is 0 Å². The number of carbonyl (C=O) groups excluding carboxylic acids is 2. The van der Waals surface area contributed by atoms with Crippen LogP contribution in [-0.2, 0) is 11.8 Å². The van der Waals surface area contributed by atoms with E-state index in [0.717, 1.165) is 25.7 Å². The van der Waals surface area contributed by atoms with Crippen molar-refractivity contribution in [2.45, 2.75) is 32.1 Å². The Morgan fingerprint density at radius 1 is 1.21 bits per heavy atom. The Morgan fingerprint density at radius 2 is 2.00 bits per heavy atom. The molecule has 0 radical (unpaired) electrons. The van der Waals surface area contributed by atoms with E-state index in [1.54, 1.807) is 37.6 Å². The van der Waals surface area contributed by atoms with Crippen LogP contribution in [0, 0.1) is 5.92 Å². The predicted octanol–water partition coefficient (Wildman–Crippen LogP) is 2.59. The smallest absolute Gasteiger partial charge is 0.276 e. The van der Waals surface area contributed by atoms with E-state index in [1.807, 2.05) is 0 Å². The molecule has 2 heterocycles. The van der Waals surface area contributed by atoms with Crippen LogP contribution in [0.25, 0.3) is 0 Å². The molecule has 7 nitrogen and oxygen atoms in total. The summed E-state index contributed by atoms with van der Waals surface area (Å²) in [7, 11) is 1.71. The van der Waals surface area contributed by atoms with E-state index in [1.165, 1.54) is 11.1 Å². The van der Waals surface area contributed by atoms with Gasteiger partial charge in [-0.05, 0) is 25.0 Å². The molecule has 2 aromatic rings. The third-order valence-corrected chi connectivity index (χ3v) is 4.26. The minimum atomic E-state index is -0.336. The molecule has 2 amide bonds. The second-order valence-corrected chi connectivity index (χ2v) is 6.06. The van der Waals surface area contributed by atoms with E-state index in [4.69, 9.17) is 0 Å². The number of amides is 2. The summed E-state index contributed by atoms with van der Waals surface area (Å²) in [6, 6.07) is 5.08. The van der Waals surface area contributed by atoms with E-state index in [2.05, 4.69) is 20.7 Å². The van der Waals surface area contributed by atoms with Gasteiger partial charge in [0.15, 0.2) is 5.69 Å². The van der Waals surface area contributed by atoms with Crippen LogP contribution >= 0.6 is 0 Å². The van der Waals surface area contributed by atoms with Gasteiger partial charge in [-0.2, -0.15) is 5.10 Å². The molecule has 2 aromatic heterocycles. The fourth-order valence-corrected chi connectivity index (χ4v) is 2.92. The third-order valence-electron chi connectivity index (χ3n) is 4.26.